The molecule has 0 radical (unpaired) electrons. The van der Waals surface area contributed by atoms with E-state index < -0.39 is 15.9 Å². The Kier molecular flexibility index (Phi) is 6.48. The summed E-state index contributed by atoms with van der Waals surface area (Å²) in [5.74, 6) is 1.61. The molecule has 0 spiro atoms. The van der Waals surface area contributed by atoms with Gasteiger partial charge in [0, 0.05) is 6.04 Å². The van der Waals surface area contributed by atoms with Gasteiger partial charge < -0.3 is 15.2 Å². The lowest BCUT2D eigenvalue weighted by Crippen LogP contribution is -2.24. The molecule has 1 unspecified atom stereocenters. The van der Waals surface area contributed by atoms with Crippen molar-refractivity contribution in [1.29, 1.82) is 0 Å². The predicted octanol–water partition coefficient (Wildman–Crippen LogP) is 2.16. The highest BCUT2D eigenvalue weighted by molar-refractivity contribution is 7.91. The van der Waals surface area contributed by atoms with Crippen LogP contribution in [0.5, 0.6) is 11.5 Å². The van der Waals surface area contributed by atoms with Crippen LogP contribution < -0.4 is 15.2 Å². The van der Waals surface area contributed by atoms with Crippen LogP contribution in [-0.2, 0) is 9.84 Å². The fourth-order valence-corrected chi connectivity index (χ4v) is 3.69. The van der Waals surface area contributed by atoms with Gasteiger partial charge >= 0.3 is 0 Å². The summed E-state index contributed by atoms with van der Waals surface area (Å²) >= 11 is 0. The number of hydrogen-bond acceptors (Lipinski definition) is 5. The lowest BCUT2D eigenvalue weighted by Gasteiger charge is -2.15. The van der Waals surface area contributed by atoms with Gasteiger partial charge in [0.25, 0.3) is 0 Å². The Morgan fingerprint density at radius 2 is 1.76 bits per heavy atom. The molecule has 0 fully saturated rings. The average molecular weight is 315 g/mol. The zero-order chi connectivity index (χ0) is 16.0. The van der Waals surface area contributed by atoms with Gasteiger partial charge in [-0.05, 0) is 30.0 Å². The molecule has 1 rings (SSSR count). The van der Waals surface area contributed by atoms with Crippen molar-refractivity contribution in [3.63, 3.8) is 0 Å². The largest absolute Gasteiger partial charge is 0.493 e. The Morgan fingerprint density at radius 3 is 2.29 bits per heavy atom. The number of nitrogens with two attached hydrogens (primary N) is 1. The third-order valence-electron chi connectivity index (χ3n) is 3.28. The number of hydrogen-bond donors (Lipinski definition) is 1. The zero-order valence-corrected chi connectivity index (χ0v) is 13.9. The van der Waals surface area contributed by atoms with Crippen molar-refractivity contribution in [3.05, 3.63) is 23.8 Å². The standard InChI is InChI=1S/C15H25NO4S/c1-11(2)7-8-21(17,18)10-13(16)12-5-6-14(19-3)15(9-12)20-4/h5-6,9,11,13H,7-8,10,16H2,1-4H3. The van der Waals surface area contributed by atoms with Gasteiger partial charge in [-0.25, -0.2) is 8.42 Å². The average Bonchev–Trinajstić information content (AvgIpc) is 2.44. The molecule has 2 N–H and O–H groups in total. The van der Waals surface area contributed by atoms with Crippen molar-refractivity contribution in [2.24, 2.45) is 11.7 Å². The summed E-state index contributed by atoms with van der Waals surface area (Å²) in [4.78, 5) is 0. The second-order valence-corrected chi connectivity index (χ2v) is 7.75. The van der Waals surface area contributed by atoms with Crippen LogP contribution in [0, 0.1) is 5.92 Å². The molecule has 0 aliphatic heterocycles. The van der Waals surface area contributed by atoms with Gasteiger partial charge in [0.05, 0.1) is 25.7 Å². The molecule has 6 heteroatoms. The lowest BCUT2D eigenvalue weighted by molar-refractivity contribution is 0.354. The molecule has 1 aromatic carbocycles. The lowest BCUT2D eigenvalue weighted by atomic mass is 10.1. The van der Waals surface area contributed by atoms with E-state index in [1.165, 1.54) is 7.11 Å². The van der Waals surface area contributed by atoms with E-state index in [0.29, 0.717) is 23.8 Å². The van der Waals surface area contributed by atoms with Gasteiger partial charge in [-0.1, -0.05) is 19.9 Å². The normalized spacial score (nSPS) is 13.2. The molecule has 0 aliphatic rings. The number of methoxy groups -OCH3 is 2. The Morgan fingerprint density at radius 1 is 1.14 bits per heavy atom. The fraction of sp³-hybridized carbons (Fsp3) is 0.600. The van der Waals surface area contributed by atoms with E-state index in [4.69, 9.17) is 15.2 Å². The molecular formula is C15H25NO4S. The summed E-state index contributed by atoms with van der Waals surface area (Å²) in [6.45, 7) is 4.01. The summed E-state index contributed by atoms with van der Waals surface area (Å²) in [6, 6.07) is 4.65. The van der Waals surface area contributed by atoms with Crippen LogP contribution in [0.2, 0.25) is 0 Å². The third kappa shape index (κ3) is 5.55. The van der Waals surface area contributed by atoms with Crippen molar-refractivity contribution in [2.75, 3.05) is 25.7 Å². The molecule has 120 valence electrons. The van der Waals surface area contributed by atoms with Gasteiger partial charge in [-0.2, -0.15) is 0 Å². The highest BCUT2D eigenvalue weighted by atomic mass is 32.2. The molecule has 0 heterocycles. The van der Waals surface area contributed by atoms with Gasteiger partial charge in [0.1, 0.15) is 0 Å². The van der Waals surface area contributed by atoms with Crippen LogP contribution in [-0.4, -0.2) is 34.1 Å². The third-order valence-corrected chi connectivity index (χ3v) is 5.00. The van der Waals surface area contributed by atoms with Gasteiger partial charge in [0.15, 0.2) is 21.3 Å². The first-order valence-corrected chi connectivity index (χ1v) is 8.79. The maximum absolute atomic E-state index is 12.1. The smallest absolute Gasteiger partial charge is 0.161 e. The second-order valence-electron chi connectivity index (χ2n) is 5.52. The van der Waals surface area contributed by atoms with E-state index in [1.54, 1.807) is 25.3 Å². The van der Waals surface area contributed by atoms with Crippen molar-refractivity contribution in [1.82, 2.24) is 0 Å². The molecule has 0 amide bonds. The predicted molar refractivity (Wildman–Crippen MR) is 84.6 cm³/mol. The number of rotatable bonds is 8. The van der Waals surface area contributed by atoms with Crippen LogP contribution in [0.3, 0.4) is 0 Å². The quantitative estimate of drug-likeness (QED) is 0.795. The molecule has 0 saturated carbocycles. The van der Waals surface area contributed by atoms with E-state index in [9.17, 15) is 8.42 Å². The van der Waals surface area contributed by atoms with E-state index in [2.05, 4.69) is 0 Å². The fourth-order valence-electron chi connectivity index (χ4n) is 1.95. The van der Waals surface area contributed by atoms with E-state index >= 15 is 0 Å². The zero-order valence-electron chi connectivity index (χ0n) is 13.1. The maximum atomic E-state index is 12.1. The van der Waals surface area contributed by atoms with Crippen molar-refractivity contribution >= 4 is 9.84 Å². The van der Waals surface area contributed by atoms with Crippen LogP contribution in [0.4, 0.5) is 0 Å². The maximum Gasteiger partial charge on any atom is 0.161 e. The van der Waals surface area contributed by atoms with E-state index in [-0.39, 0.29) is 11.5 Å². The molecule has 0 bridgehead atoms. The molecular weight excluding hydrogens is 290 g/mol. The molecule has 0 saturated heterocycles. The molecule has 21 heavy (non-hydrogen) atoms. The van der Waals surface area contributed by atoms with Gasteiger partial charge in [-0.15, -0.1) is 0 Å². The highest BCUT2D eigenvalue weighted by Gasteiger charge is 2.19. The molecule has 1 atom stereocenters. The summed E-state index contributed by atoms with van der Waals surface area (Å²) in [7, 11) is -0.0727. The minimum absolute atomic E-state index is 0.0603. The Balaban J connectivity index is 2.82. The van der Waals surface area contributed by atoms with Crippen LogP contribution in [0.1, 0.15) is 31.9 Å². The second kappa shape index (κ2) is 7.66. The minimum Gasteiger partial charge on any atom is -0.493 e. The summed E-state index contributed by atoms with van der Waals surface area (Å²) in [5, 5.41) is 0. The number of sulfone groups is 1. The Bertz CT molecular complexity index is 555. The summed E-state index contributed by atoms with van der Waals surface area (Å²) in [6.07, 6.45) is 0.654. The van der Waals surface area contributed by atoms with Gasteiger partial charge in [-0.3, -0.25) is 0 Å². The first-order valence-electron chi connectivity index (χ1n) is 6.97. The first-order chi connectivity index (χ1) is 9.79. The monoisotopic (exact) mass is 315 g/mol. The Hall–Kier alpha value is -1.27. The van der Waals surface area contributed by atoms with Crippen molar-refractivity contribution in [2.45, 2.75) is 26.3 Å². The Labute approximate surface area is 127 Å². The van der Waals surface area contributed by atoms with E-state index in [1.807, 2.05) is 13.8 Å². The molecule has 5 nitrogen and oxygen atoms in total. The SMILES string of the molecule is COc1ccc(C(N)CS(=O)(=O)CCC(C)C)cc1OC. The van der Waals surface area contributed by atoms with Crippen LogP contribution in [0.25, 0.3) is 0 Å². The summed E-state index contributed by atoms with van der Waals surface area (Å²) in [5.41, 5.74) is 6.75. The topological polar surface area (TPSA) is 78.6 Å². The van der Waals surface area contributed by atoms with Crippen LogP contribution >= 0.6 is 0 Å². The number of benzene rings is 1. The molecule has 0 aromatic heterocycles. The highest BCUT2D eigenvalue weighted by Crippen LogP contribution is 2.29. The first kappa shape index (κ1) is 17.8. The van der Waals surface area contributed by atoms with Gasteiger partial charge in [0.2, 0.25) is 0 Å². The van der Waals surface area contributed by atoms with E-state index in [0.717, 1.165) is 5.56 Å². The summed E-state index contributed by atoms with van der Waals surface area (Å²) < 4.78 is 34.5. The minimum atomic E-state index is -3.16. The number of ether oxygens (including phenoxy) is 2. The molecule has 0 aliphatic carbocycles. The van der Waals surface area contributed by atoms with Crippen molar-refractivity contribution < 1.29 is 17.9 Å². The van der Waals surface area contributed by atoms with Crippen LogP contribution in [0.15, 0.2) is 18.2 Å². The molecule has 1 aromatic rings. The van der Waals surface area contributed by atoms with Crippen molar-refractivity contribution in [3.8, 4) is 11.5 Å².